The fourth-order valence-electron chi connectivity index (χ4n) is 2.59. The standard InChI is InChI=1S/C16H24N4O3S/c1-6-23-15(21)14-11(4)18-10(3)13(14)12-8-24-16(20-19-12)17-9(2)7-22-5/h9,18H,6-8H2,1-5H3,(H,17,20)/t9-/m1/s1. The molecular formula is C16H24N4O3S. The third kappa shape index (κ3) is 4.18. The Morgan fingerprint density at radius 3 is 2.75 bits per heavy atom. The summed E-state index contributed by atoms with van der Waals surface area (Å²) in [4.78, 5) is 20.0. The molecule has 132 valence electrons. The van der Waals surface area contributed by atoms with Gasteiger partial charge in [0.15, 0.2) is 5.17 Å². The number of methoxy groups -OCH3 is 1. The van der Waals surface area contributed by atoms with Crippen molar-refractivity contribution < 1.29 is 14.3 Å². The molecule has 1 aromatic heterocycles. The first-order valence-corrected chi connectivity index (χ1v) is 8.85. The maximum atomic E-state index is 12.3. The summed E-state index contributed by atoms with van der Waals surface area (Å²) >= 11 is 1.56. The molecule has 7 nitrogen and oxygen atoms in total. The Bertz CT molecular complexity index is 667. The molecule has 2 N–H and O–H groups in total. The van der Waals surface area contributed by atoms with Crippen molar-refractivity contribution in [1.82, 2.24) is 10.4 Å². The fourth-order valence-corrected chi connectivity index (χ4v) is 3.44. The lowest BCUT2D eigenvalue weighted by Crippen LogP contribution is -2.28. The average molecular weight is 352 g/mol. The van der Waals surface area contributed by atoms with E-state index in [-0.39, 0.29) is 12.0 Å². The molecule has 2 heterocycles. The van der Waals surface area contributed by atoms with Gasteiger partial charge in [0.1, 0.15) is 0 Å². The van der Waals surface area contributed by atoms with Crippen LogP contribution in [0.15, 0.2) is 10.1 Å². The van der Waals surface area contributed by atoms with Crippen molar-refractivity contribution in [2.45, 2.75) is 33.7 Å². The molecule has 1 aliphatic heterocycles. The molecule has 0 aromatic carbocycles. The van der Waals surface area contributed by atoms with E-state index in [1.54, 1.807) is 25.8 Å². The number of carbonyl (C=O) groups excluding carboxylic acids is 1. The van der Waals surface area contributed by atoms with Crippen molar-refractivity contribution in [3.8, 4) is 0 Å². The van der Waals surface area contributed by atoms with E-state index in [4.69, 9.17) is 9.47 Å². The van der Waals surface area contributed by atoms with Gasteiger partial charge in [0.25, 0.3) is 0 Å². The Hall–Kier alpha value is -1.80. The Kier molecular flexibility index (Phi) is 6.44. The summed E-state index contributed by atoms with van der Waals surface area (Å²) in [6.07, 6.45) is 0. The molecule has 0 amide bonds. The summed E-state index contributed by atoms with van der Waals surface area (Å²) in [6.45, 7) is 8.48. The van der Waals surface area contributed by atoms with Crippen LogP contribution in [0.2, 0.25) is 0 Å². The zero-order valence-corrected chi connectivity index (χ0v) is 15.5. The van der Waals surface area contributed by atoms with E-state index in [9.17, 15) is 4.79 Å². The molecule has 0 unspecified atom stereocenters. The first-order chi connectivity index (χ1) is 11.5. The number of nitrogens with one attached hydrogen (secondary N) is 2. The highest BCUT2D eigenvalue weighted by atomic mass is 32.2. The molecule has 24 heavy (non-hydrogen) atoms. The third-order valence-corrected chi connectivity index (χ3v) is 4.41. The first kappa shape index (κ1) is 18.5. The molecular weight excluding hydrogens is 328 g/mol. The Labute approximate surface area is 146 Å². The van der Waals surface area contributed by atoms with Crippen molar-refractivity contribution in [3.05, 3.63) is 22.5 Å². The first-order valence-electron chi connectivity index (χ1n) is 7.86. The maximum Gasteiger partial charge on any atom is 0.340 e. The van der Waals surface area contributed by atoms with Crippen molar-refractivity contribution in [2.24, 2.45) is 10.1 Å². The van der Waals surface area contributed by atoms with E-state index in [1.807, 2.05) is 20.8 Å². The second-order valence-corrected chi connectivity index (χ2v) is 6.51. The van der Waals surface area contributed by atoms with Crippen LogP contribution in [0.3, 0.4) is 0 Å². The minimum atomic E-state index is -0.324. The highest BCUT2D eigenvalue weighted by Gasteiger charge is 2.26. The SMILES string of the molecule is CCOC(=O)c1c(C)[nH]c(C)c1C1=NNC(=N[C@H](C)COC)SC1. The van der Waals surface area contributed by atoms with E-state index in [2.05, 4.69) is 20.5 Å². The number of aliphatic imine (C=N–C) groups is 1. The molecule has 0 spiro atoms. The van der Waals surface area contributed by atoms with Crippen LogP contribution in [0, 0.1) is 13.8 Å². The average Bonchev–Trinajstić information content (AvgIpc) is 2.83. The molecule has 0 aliphatic carbocycles. The van der Waals surface area contributed by atoms with Crippen LogP contribution >= 0.6 is 11.8 Å². The van der Waals surface area contributed by atoms with Gasteiger partial charge < -0.3 is 14.5 Å². The van der Waals surface area contributed by atoms with Gasteiger partial charge in [-0.1, -0.05) is 11.8 Å². The molecule has 2 rings (SSSR count). The van der Waals surface area contributed by atoms with E-state index in [1.165, 1.54) is 0 Å². The monoisotopic (exact) mass is 352 g/mol. The fraction of sp³-hybridized carbons (Fsp3) is 0.562. The van der Waals surface area contributed by atoms with Gasteiger partial charge in [0.2, 0.25) is 0 Å². The van der Waals surface area contributed by atoms with Crippen molar-refractivity contribution in [3.63, 3.8) is 0 Å². The van der Waals surface area contributed by atoms with Gasteiger partial charge in [-0.2, -0.15) is 5.10 Å². The Morgan fingerprint density at radius 1 is 1.42 bits per heavy atom. The Morgan fingerprint density at radius 2 is 2.17 bits per heavy atom. The predicted octanol–water partition coefficient (Wildman–Crippen LogP) is 2.24. The normalized spacial score (nSPS) is 17.4. The predicted molar refractivity (Wildman–Crippen MR) is 97.1 cm³/mol. The largest absolute Gasteiger partial charge is 0.462 e. The van der Waals surface area contributed by atoms with Crippen LogP contribution < -0.4 is 5.43 Å². The summed E-state index contributed by atoms with van der Waals surface area (Å²) in [7, 11) is 1.66. The zero-order chi connectivity index (χ0) is 17.7. The number of H-pyrrole nitrogens is 1. The molecule has 0 radical (unpaired) electrons. The number of aryl methyl sites for hydroxylation is 2. The summed E-state index contributed by atoms with van der Waals surface area (Å²) in [5.74, 6) is 0.311. The number of carbonyl (C=O) groups is 1. The number of thioether (sulfide) groups is 1. The van der Waals surface area contributed by atoms with Crippen LogP contribution in [-0.2, 0) is 9.47 Å². The summed E-state index contributed by atoms with van der Waals surface area (Å²) in [6, 6.07) is 0.0630. The molecule has 0 fully saturated rings. The van der Waals surface area contributed by atoms with Crippen LogP contribution in [0.5, 0.6) is 0 Å². The van der Waals surface area contributed by atoms with Gasteiger partial charge in [-0.25, -0.2) is 4.79 Å². The minimum absolute atomic E-state index is 0.0630. The smallest absolute Gasteiger partial charge is 0.340 e. The molecule has 1 aliphatic rings. The highest BCUT2D eigenvalue weighted by Crippen LogP contribution is 2.24. The second kappa shape index (κ2) is 8.34. The quantitative estimate of drug-likeness (QED) is 0.767. The number of aromatic amines is 1. The topological polar surface area (TPSA) is 88.1 Å². The van der Waals surface area contributed by atoms with Crippen LogP contribution in [0.1, 0.15) is 41.2 Å². The molecule has 8 heteroatoms. The Balaban J connectivity index is 2.25. The van der Waals surface area contributed by atoms with Gasteiger partial charge in [-0.3, -0.25) is 10.4 Å². The number of aromatic nitrogens is 1. The third-order valence-electron chi connectivity index (χ3n) is 3.52. The number of rotatable bonds is 6. The summed E-state index contributed by atoms with van der Waals surface area (Å²) < 4.78 is 10.3. The van der Waals surface area contributed by atoms with E-state index in [0.29, 0.717) is 24.5 Å². The highest BCUT2D eigenvalue weighted by molar-refractivity contribution is 8.14. The molecule has 1 atom stereocenters. The number of nitrogens with zero attached hydrogens (tertiary/aromatic N) is 2. The van der Waals surface area contributed by atoms with Gasteiger partial charge in [-0.15, -0.1) is 0 Å². The van der Waals surface area contributed by atoms with E-state index >= 15 is 0 Å². The van der Waals surface area contributed by atoms with Crippen molar-refractivity contribution in [2.75, 3.05) is 26.1 Å². The van der Waals surface area contributed by atoms with Gasteiger partial charge in [0.05, 0.1) is 30.5 Å². The lowest BCUT2D eigenvalue weighted by atomic mass is 10.1. The number of amidine groups is 1. The molecule has 0 saturated heterocycles. The second-order valence-electron chi connectivity index (χ2n) is 5.54. The molecule has 0 bridgehead atoms. The van der Waals surface area contributed by atoms with Gasteiger partial charge in [0, 0.05) is 29.8 Å². The lowest BCUT2D eigenvalue weighted by Gasteiger charge is -2.17. The summed E-state index contributed by atoms with van der Waals surface area (Å²) in [5, 5.41) is 5.17. The maximum absolute atomic E-state index is 12.3. The van der Waals surface area contributed by atoms with E-state index in [0.717, 1.165) is 27.8 Å². The lowest BCUT2D eigenvalue weighted by molar-refractivity contribution is 0.0525. The van der Waals surface area contributed by atoms with Gasteiger partial charge >= 0.3 is 5.97 Å². The van der Waals surface area contributed by atoms with Crippen molar-refractivity contribution >= 4 is 28.6 Å². The number of ether oxygens (including phenoxy) is 2. The van der Waals surface area contributed by atoms with E-state index < -0.39 is 0 Å². The minimum Gasteiger partial charge on any atom is -0.462 e. The van der Waals surface area contributed by atoms with Crippen LogP contribution in [0.4, 0.5) is 0 Å². The van der Waals surface area contributed by atoms with Gasteiger partial charge in [-0.05, 0) is 27.7 Å². The number of hydrazone groups is 1. The molecule has 0 saturated carbocycles. The van der Waals surface area contributed by atoms with Crippen molar-refractivity contribution in [1.29, 1.82) is 0 Å². The van der Waals surface area contributed by atoms with Crippen LogP contribution in [0.25, 0.3) is 0 Å². The van der Waals surface area contributed by atoms with Crippen LogP contribution in [-0.4, -0.2) is 54.0 Å². The number of esters is 1. The summed E-state index contributed by atoms with van der Waals surface area (Å²) in [5.41, 5.74) is 6.85. The zero-order valence-electron chi connectivity index (χ0n) is 14.7. The number of hydrogen-bond donors (Lipinski definition) is 2. The molecule has 1 aromatic rings. The number of hydrogen-bond acceptors (Lipinski definition) is 6.